The Balaban J connectivity index is 2.29. The van der Waals surface area contributed by atoms with Gasteiger partial charge in [0.2, 0.25) is 0 Å². The summed E-state index contributed by atoms with van der Waals surface area (Å²) in [6, 6.07) is 9.84. The highest BCUT2D eigenvalue weighted by Crippen LogP contribution is 2.18. The predicted molar refractivity (Wildman–Crippen MR) is 80.5 cm³/mol. The van der Waals surface area contributed by atoms with Gasteiger partial charge in [-0.05, 0) is 65.1 Å². The lowest BCUT2D eigenvalue weighted by Crippen LogP contribution is -2.15. The van der Waals surface area contributed by atoms with E-state index in [2.05, 4.69) is 27.9 Å². The Kier molecular flexibility index (Phi) is 4.33. The van der Waals surface area contributed by atoms with E-state index in [4.69, 9.17) is 5.11 Å². The van der Waals surface area contributed by atoms with Gasteiger partial charge in [-0.15, -0.1) is 0 Å². The fourth-order valence-electron chi connectivity index (χ4n) is 1.60. The van der Waals surface area contributed by atoms with E-state index in [1.54, 1.807) is 24.3 Å². The number of rotatable bonds is 3. The van der Waals surface area contributed by atoms with Crippen LogP contribution in [-0.2, 0) is 0 Å². The van der Waals surface area contributed by atoms with Crippen molar-refractivity contribution in [3.63, 3.8) is 0 Å². The first-order chi connectivity index (χ1) is 9.47. The quantitative estimate of drug-likeness (QED) is 0.797. The number of halogens is 2. The van der Waals surface area contributed by atoms with E-state index in [9.17, 15) is 14.0 Å². The van der Waals surface area contributed by atoms with Crippen LogP contribution in [0.25, 0.3) is 0 Å². The van der Waals surface area contributed by atoms with Crippen molar-refractivity contribution in [3.8, 4) is 0 Å². The number of hydrogen-bond donors (Lipinski definition) is 2. The Morgan fingerprint density at radius 1 is 1.10 bits per heavy atom. The van der Waals surface area contributed by atoms with Crippen LogP contribution >= 0.6 is 22.6 Å². The zero-order valence-electron chi connectivity index (χ0n) is 10.1. The highest BCUT2D eigenvalue weighted by Gasteiger charge is 2.14. The van der Waals surface area contributed by atoms with Crippen molar-refractivity contribution in [2.75, 3.05) is 5.32 Å². The molecule has 0 heterocycles. The average molecular weight is 385 g/mol. The highest BCUT2D eigenvalue weighted by atomic mass is 127. The Bertz CT molecular complexity index is 671. The fraction of sp³-hybridized carbons (Fsp3) is 0. The van der Waals surface area contributed by atoms with Gasteiger partial charge in [0.05, 0.1) is 11.3 Å². The Labute approximate surface area is 127 Å². The molecule has 0 bridgehead atoms. The summed E-state index contributed by atoms with van der Waals surface area (Å²) in [7, 11) is 0. The number of carbonyl (C=O) groups excluding carboxylic acids is 1. The molecule has 0 aliphatic carbocycles. The number of amides is 1. The first-order valence-electron chi connectivity index (χ1n) is 5.57. The average Bonchev–Trinajstić information content (AvgIpc) is 2.39. The Morgan fingerprint density at radius 3 is 2.35 bits per heavy atom. The van der Waals surface area contributed by atoms with Crippen LogP contribution in [0, 0.1) is 9.39 Å². The van der Waals surface area contributed by atoms with E-state index < -0.39 is 17.7 Å². The number of benzene rings is 2. The number of anilines is 1. The molecule has 20 heavy (non-hydrogen) atoms. The van der Waals surface area contributed by atoms with Gasteiger partial charge in [-0.1, -0.05) is 0 Å². The summed E-state index contributed by atoms with van der Waals surface area (Å²) in [5, 5.41) is 11.4. The minimum absolute atomic E-state index is 0.0685. The predicted octanol–water partition coefficient (Wildman–Crippen LogP) is 3.38. The van der Waals surface area contributed by atoms with Crippen molar-refractivity contribution in [1.29, 1.82) is 0 Å². The van der Waals surface area contributed by atoms with E-state index in [1.807, 2.05) is 0 Å². The number of aromatic carboxylic acids is 1. The molecule has 2 aromatic rings. The zero-order valence-corrected chi connectivity index (χ0v) is 12.2. The summed E-state index contributed by atoms with van der Waals surface area (Å²) in [4.78, 5) is 23.0. The molecule has 6 heteroatoms. The maximum absolute atomic E-state index is 13.2. The van der Waals surface area contributed by atoms with E-state index in [1.165, 1.54) is 0 Å². The SMILES string of the molecule is O=C(Nc1cc(F)ccc1C(=O)O)c1ccc(I)cc1. The lowest BCUT2D eigenvalue weighted by atomic mass is 10.1. The molecule has 0 saturated carbocycles. The third kappa shape index (κ3) is 3.32. The van der Waals surface area contributed by atoms with Gasteiger partial charge in [0.1, 0.15) is 5.82 Å². The zero-order chi connectivity index (χ0) is 14.7. The van der Waals surface area contributed by atoms with Gasteiger partial charge in [0, 0.05) is 9.13 Å². The minimum Gasteiger partial charge on any atom is -0.478 e. The number of nitrogens with one attached hydrogen (secondary N) is 1. The van der Waals surface area contributed by atoms with Crippen LogP contribution in [0.1, 0.15) is 20.7 Å². The summed E-state index contributed by atoms with van der Waals surface area (Å²) < 4.78 is 14.1. The van der Waals surface area contributed by atoms with E-state index >= 15 is 0 Å². The van der Waals surface area contributed by atoms with E-state index in [0.29, 0.717) is 5.56 Å². The van der Waals surface area contributed by atoms with Gasteiger partial charge in [-0.25, -0.2) is 9.18 Å². The van der Waals surface area contributed by atoms with E-state index in [0.717, 1.165) is 21.8 Å². The van der Waals surface area contributed by atoms with Crippen molar-refractivity contribution in [2.45, 2.75) is 0 Å². The molecule has 0 saturated heterocycles. The highest BCUT2D eigenvalue weighted by molar-refractivity contribution is 14.1. The summed E-state index contributed by atoms with van der Waals surface area (Å²) >= 11 is 2.10. The molecule has 4 nitrogen and oxygen atoms in total. The third-order valence-electron chi connectivity index (χ3n) is 2.57. The van der Waals surface area contributed by atoms with E-state index in [-0.39, 0.29) is 11.3 Å². The number of carboxylic acid groups (broad SMARTS) is 1. The van der Waals surface area contributed by atoms with Crippen LogP contribution in [0.5, 0.6) is 0 Å². The first kappa shape index (κ1) is 14.4. The maximum Gasteiger partial charge on any atom is 0.337 e. The molecule has 0 radical (unpaired) electrons. The maximum atomic E-state index is 13.2. The molecule has 102 valence electrons. The van der Waals surface area contributed by atoms with Crippen LogP contribution in [0.15, 0.2) is 42.5 Å². The Hall–Kier alpha value is -1.96. The second-order valence-electron chi connectivity index (χ2n) is 3.96. The second-order valence-corrected chi connectivity index (χ2v) is 5.20. The standard InChI is InChI=1S/C14H9FINO3/c15-9-3-6-11(14(19)20)12(7-9)17-13(18)8-1-4-10(16)5-2-8/h1-7H,(H,17,18)(H,19,20). The largest absolute Gasteiger partial charge is 0.478 e. The molecule has 0 aromatic heterocycles. The van der Waals surface area contributed by atoms with Crippen LogP contribution in [0.4, 0.5) is 10.1 Å². The van der Waals surface area contributed by atoms with Crippen LogP contribution in [0.2, 0.25) is 0 Å². The molecule has 2 aromatic carbocycles. The molecule has 0 unspecified atom stereocenters. The second kappa shape index (κ2) is 6.00. The van der Waals surface area contributed by atoms with Crippen molar-refractivity contribution in [2.24, 2.45) is 0 Å². The Morgan fingerprint density at radius 2 is 1.75 bits per heavy atom. The molecular weight excluding hydrogens is 376 g/mol. The molecule has 2 rings (SSSR count). The van der Waals surface area contributed by atoms with Crippen molar-refractivity contribution in [3.05, 3.63) is 63.0 Å². The first-order valence-corrected chi connectivity index (χ1v) is 6.65. The summed E-state index contributed by atoms with van der Waals surface area (Å²) in [5.41, 5.74) is 0.136. The monoisotopic (exact) mass is 385 g/mol. The molecule has 0 aliphatic heterocycles. The number of carbonyl (C=O) groups is 2. The molecule has 0 fully saturated rings. The summed E-state index contributed by atoms with van der Waals surface area (Å²) in [6.07, 6.45) is 0. The molecule has 0 atom stereocenters. The van der Waals surface area contributed by atoms with Crippen molar-refractivity contribution >= 4 is 40.2 Å². The van der Waals surface area contributed by atoms with Gasteiger partial charge >= 0.3 is 5.97 Å². The lowest BCUT2D eigenvalue weighted by Gasteiger charge is -2.08. The van der Waals surface area contributed by atoms with Gasteiger partial charge in [-0.3, -0.25) is 4.79 Å². The smallest absolute Gasteiger partial charge is 0.337 e. The molecule has 1 amide bonds. The summed E-state index contributed by atoms with van der Waals surface area (Å²) in [5.74, 6) is -2.34. The summed E-state index contributed by atoms with van der Waals surface area (Å²) in [6.45, 7) is 0. The topological polar surface area (TPSA) is 66.4 Å². The fourth-order valence-corrected chi connectivity index (χ4v) is 1.96. The van der Waals surface area contributed by atoms with Crippen LogP contribution in [-0.4, -0.2) is 17.0 Å². The van der Waals surface area contributed by atoms with Crippen LogP contribution < -0.4 is 5.32 Å². The van der Waals surface area contributed by atoms with Gasteiger partial charge in [0.15, 0.2) is 0 Å². The lowest BCUT2D eigenvalue weighted by molar-refractivity contribution is 0.0698. The number of hydrogen-bond acceptors (Lipinski definition) is 2. The van der Waals surface area contributed by atoms with Crippen LogP contribution in [0.3, 0.4) is 0 Å². The number of carboxylic acids is 1. The third-order valence-corrected chi connectivity index (χ3v) is 3.29. The van der Waals surface area contributed by atoms with Crippen molar-refractivity contribution < 1.29 is 19.1 Å². The molecular formula is C14H9FINO3. The normalized spacial score (nSPS) is 10.1. The van der Waals surface area contributed by atoms with Gasteiger partial charge in [-0.2, -0.15) is 0 Å². The molecule has 0 spiro atoms. The van der Waals surface area contributed by atoms with Gasteiger partial charge in [0.25, 0.3) is 5.91 Å². The molecule has 0 aliphatic rings. The van der Waals surface area contributed by atoms with Gasteiger partial charge < -0.3 is 10.4 Å². The van der Waals surface area contributed by atoms with Crippen molar-refractivity contribution in [1.82, 2.24) is 0 Å². The molecule has 2 N–H and O–H groups in total. The minimum atomic E-state index is -1.23.